The van der Waals surface area contributed by atoms with E-state index in [1.807, 2.05) is 24.4 Å². The van der Waals surface area contributed by atoms with Crippen LogP contribution in [0.5, 0.6) is 11.5 Å². The van der Waals surface area contributed by atoms with E-state index in [2.05, 4.69) is 26.0 Å². The zero-order valence-corrected chi connectivity index (χ0v) is 17.1. The lowest BCUT2D eigenvalue weighted by Gasteiger charge is -2.12. The van der Waals surface area contributed by atoms with Gasteiger partial charge in [-0.05, 0) is 43.7 Å². The van der Waals surface area contributed by atoms with Crippen molar-refractivity contribution in [3.63, 3.8) is 0 Å². The Morgan fingerprint density at radius 1 is 1.13 bits per heavy atom. The van der Waals surface area contributed by atoms with Crippen molar-refractivity contribution in [1.82, 2.24) is 19.9 Å². The van der Waals surface area contributed by atoms with Crippen LogP contribution in [0, 0.1) is 18.3 Å². The number of nitrogens with zero attached hydrogens (tertiary/aromatic N) is 5. The van der Waals surface area contributed by atoms with Gasteiger partial charge in [0.2, 0.25) is 0 Å². The molecule has 4 rings (SSSR count). The molecular weight excluding hydrogens is 396 g/mol. The first kappa shape index (κ1) is 19.6. The van der Waals surface area contributed by atoms with Gasteiger partial charge in [-0.2, -0.15) is 5.26 Å². The minimum atomic E-state index is 0.486. The van der Waals surface area contributed by atoms with Crippen molar-refractivity contribution in [2.45, 2.75) is 13.3 Å². The van der Waals surface area contributed by atoms with Gasteiger partial charge in [0.15, 0.2) is 5.82 Å². The highest BCUT2D eigenvalue weighted by Crippen LogP contribution is 2.34. The third-order valence-electron chi connectivity index (χ3n) is 4.30. The molecule has 0 aliphatic heterocycles. The van der Waals surface area contributed by atoms with Crippen LogP contribution >= 0.6 is 11.3 Å². The van der Waals surface area contributed by atoms with E-state index in [9.17, 15) is 5.26 Å². The Morgan fingerprint density at radius 2 is 1.97 bits per heavy atom. The fraction of sp³-hybridized carbons (Fsp3) is 0.136. The molecule has 0 aliphatic rings. The molecule has 0 radical (unpaired) electrons. The Labute approximate surface area is 177 Å². The summed E-state index contributed by atoms with van der Waals surface area (Å²) in [4.78, 5) is 17.8. The van der Waals surface area contributed by atoms with Crippen LogP contribution in [0.25, 0.3) is 22.1 Å². The number of rotatable bonds is 6. The van der Waals surface area contributed by atoms with Crippen LogP contribution in [-0.4, -0.2) is 26.5 Å². The van der Waals surface area contributed by atoms with E-state index in [4.69, 9.17) is 10.5 Å². The summed E-state index contributed by atoms with van der Waals surface area (Å²) in [6.07, 6.45) is 5.97. The molecule has 2 N–H and O–H groups in total. The van der Waals surface area contributed by atoms with Gasteiger partial charge in [0, 0.05) is 41.8 Å². The number of pyridine rings is 1. The lowest BCUT2D eigenvalue weighted by atomic mass is 10.1. The molecule has 0 fully saturated rings. The number of nitriles is 1. The van der Waals surface area contributed by atoms with E-state index in [0.29, 0.717) is 41.4 Å². The largest absolute Gasteiger partial charge is 0.456 e. The minimum Gasteiger partial charge on any atom is -0.456 e. The third-order valence-corrected chi connectivity index (χ3v) is 5.09. The van der Waals surface area contributed by atoms with Gasteiger partial charge in [0.05, 0.1) is 17.2 Å². The molecule has 4 aromatic rings. The Bertz CT molecular complexity index is 1200. The summed E-state index contributed by atoms with van der Waals surface area (Å²) in [6.45, 7) is 2.44. The van der Waals surface area contributed by atoms with Crippen molar-refractivity contribution in [1.29, 1.82) is 5.26 Å². The zero-order valence-electron chi connectivity index (χ0n) is 16.2. The van der Waals surface area contributed by atoms with Crippen LogP contribution in [0.2, 0.25) is 0 Å². The van der Waals surface area contributed by atoms with Crippen LogP contribution in [0.1, 0.15) is 16.8 Å². The summed E-state index contributed by atoms with van der Waals surface area (Å²) in [5, 5.41) is 12.0. The molecule has 0 bridgehead atoms. The molecular formula is C22H18N6OS. The maximum Gasteiger partial charge on any atom is 0.162 e. The molecule has 0 unspecified atom stereocenters. The molecule has 0 atom stereocenters. The smallest absolute Gasteiger partial charge is 0.162 e. The van der Waals surface area contributed by atoms with Crippen LogP contribution in [0.4, 0.5) is 0 Å². The quantitative estimate of drug-likeness (QED) is 0.505. The first-order valence-corrected chi connectivity index (χ1v) is 10.2. The Morgan fingerprint density at radius 3 is 2.67 bits per heavy atom. The molecule has 148 valence electrons. The second-order valence-corrected chi connectivity index (χ2v) is 7.44. The highest BCUT2D eigenvalue weighted by molar-refractivity contribution is 7.13. The van der Waals surface area contributed by atoms with E-state index in [-0.39, 0.29) is 0 Å². The molecule has 0 aliphatic carbocycles. The maximum atomic E-state index is 9.33. The Kier molecular flexibility index (Phi) is 5.75. The normalized spacial score (nSPS) is 10.6. The summed E-state index contributed by atoms with van der Waals surface area (Å²) < 4.78 is 6.19. The third kappa shape index (κ3) is 4.33. The Hall–Kier alpha value is -3.67. The second kappa shape index (κ2) is 8.78. The molecule has 0 saturated carbocycles. The van der Waals surface area contributed by atoms with Crippen LogP contribution in [-0.2, 0) is 6.42 Å². The van der Waals surface area contributed by atoms with Crippen molar-refractivity contribution in [3.05, 3.63) is 71.1 Å². The van der Waals surface area contributed by atoms with Crippen molar-refractivity contribution in [2.75, 3.05) is 6.54 Å². The van der Waals surface area contributed by atoms with Crippen LogP contribution in [0.3, 0.4) is 0 Å². The highest BCUT2D eigenvalue weighted by Gasteiger charge is 2.14. The molecule has 0 saturated heterocycles. The SMILES string of the molecule is Cc1cc(Oc2cc(C#N)ccc2-c2ncc(CCN)cn2)cc(-c2nccs2)n1. The Balaban J connectivity index is 1.73. The van der Waals surface area contributed by atoms with Gasteiger partial charge in [-0.1, -0.05) is 0 Å². The van der Waals surface area contributed by atoms with Crippen LogP contribution in [0.15, 0.2) is 54.3 Å². The molecule has 3 heterocycles. The second-order valence-electron chi connectivity index (χ2n) is 6.55. The van der Waals surface area contributed by atoms with E-state index in [0.717, 1.165) is 22.0 Å². The summed E-state index contributed by atoms with van der Waals surface area (Å²) in [5.74, 6) is 1.61. The number of ether oxygens (including phenoxy) is 1. The molecule has 3 aromatic heterocycles. The number of thiazole rings is 1. The fourth-order valence-electron chi connectivity index (χ4n) is 2.93. The summed E-state index contributed by atoms with van der Waals surface area (Å²) in [7, 11) is 0. The monoisotopic (exact) mass is 414 g/mol. The number of benzene rings is 1. The molecule has 30 heavy (non-hydrogen) atoms. The average molecular weight is 414 g/mol. The molecule has 0 spiro atoms. The molecule has 8 heteroatoms. The molecule has 0 amide bonds. The lowest BCUT2D eigenvalue weighted by Crippen LogP contribution is -2.04. The number of aromatic nitrogens is 4. The summed E-state index contributed by atoms with van der Waals surface area (Å²) in [6, 6.07) is 11.0. The number of hydrogen-bond acceptors (Lipinski definition) is 8. The maximum absolute atomic E-state index is 9.33. The van der Waals surface area contributed by atoms with Crippen molar-refractivity contribution in [2.24, 2.45) is 5.73 Å². The van der Waals surface area contributed by atoms with Crippen LogP contribution < -0.4 is 10.5 Å². The summed E-state index contributed by atoms with van der Waals surface area (Å²) in [5.41, 5.74) is 9.28. The molecule has 7 nitrogen and oxygen atoms in total. The zero-order chi connectivity index (χ0) is 20.9. The topological polar surface area (TPSA) is 111 Å². The van der Waals surface area contributed by atoms with Gasteiger partial charge in [-0.15, -0.1) is 11.3 Å². The molecule has 1 aromatic carbocycles. The minimum absolute atomic E-state index is 0.486. The fourth-order valence-corrected chi connectivity index (χ4v) is 3.53. The predicted octanol–water partition coefficient (Wildman–Crippen LogP) is 4.14. The van der Waals surface area contributed by atoms with Gasteiger partial charge in [-0.3, -0.25) is 4.98 Å². The van der Waals surface area contributed by atoms with Gasteiger partial charge in [-0.25, -0.2) is 15.0 Å². The number of aryl methyl sites for hydroxylation is 1. The number of nitrogens with two attached hydrogens (primary N) is 1. The van der Waals surface area contributed by atoms with Gasteiger partial charge in [0.25, 0.3) is 0 Å². The van der Waals surface area contributed by atoms with Gasteiger partial charge >= 0.3 is 0 Å². The van der Waals surface area contributed by atoms with E-state index >= 15 is 0 Å². The standard InChI is InChI=1S/C22H18N6OS/c1-14-8-17(10-19(28-14)22-25-6-7-30-22)29-20-9-15(11-24)2-3-18(20)21-26-12-16(4-5-23)13-27-21/h2-3,6-10,12-13H,4-5,23H2,1H3. The predicted molar refractivity (Wildman–Crippen MR) is 115 cm³/mol. The van der Waals surface area contributed by atoms with E-state index in [1.54, 1.807) is 36.8 Å². The van der Waals surface area contributed by atoms with E-state index in [1.165, 1.54) is 11.3 Å². The summed E-state index contributed by atoms with van der Waals surface area (Å²) >= 11 is 1.51. The van der Waals surface area contributed by atoms with Gasteiger partial charge in [0.1, 0.15) is 22.2 Å². The number of hydrogen-bond donors (Lipinski definition) is 1. The van der Waals surface area contributed by atoms with E-state index < -0.39 is 0 Å². The highest BCUT2D eigenvalue weighted by atomic mass is 32.1. The first-order valence-electron chi connectivity index (χ1n) is 9.28. The average Bonchev–Trinajstić information content (AvgIpc) is 3.29. The lowest BCUT2D eigenvalue weighted by molar-refractivity contribution is 0.483. The van der Waals surface area contributed by atoms with Crippen molar-refractivity contribution >= 4 is 11.3 Å². The van der Waals surface area contributed by atoms with Crippen molar-refractivity contribution < 1.29 is 4.74 Å². The first-order chi connectivity index (χ1) is 14.7. The van der Waals surface area contributed by atoms with Crippen molar-refractivity contribution in [3.8, 4) is 39.7 Å². The van der Waals surface area contributed by atoms with Gasteiger partial charge < -0.3 is 10.5 Å².